The van der Waals surface area contributed by atoms with E-state index in [1.54, 1.807) is 0 Å². The summed E-state index contributed by atoms with van der Waals surface area (Å²) in [5.74, 6) is 2.28. The standard InChI is InChI=1S/C18H21N3O3/c1-18(2,3)21-17-13(10-19-21)12(9-16(22)20-17)11-4-5-14-15(8-11)24-7-6-23-14/h4-5,8,10,12H,6-7,9H2,1-3H3,(H,20,22)/t12-/m1/s1. The molecule has 2 aliphatic heterocycles. The number of amides is 1. The van der Waals surface area contributed by atoms with Crippen LogP contribution in [0, 0.1) is 0 Å². The molecule has 0 spiro atoms. The third kappa shape index (κ3) is 2.42. The minimum absolute atomic E-state index is 0.00777. The fourth-order valence-corrected chi connectivity index (χ4v) is 3.30. The van der Waals surface area contributed by atoms with E-state index in [9.17, 15) is 4.79 Å². The second-order valence-corrected chi connectivity index (χ2v) is 7.24. The first kappa shape index (κ1) is 15.1. The molecule has 0 radical (unpaired) electrons. The van der Waals surface area contributed by atoms with E-state index in [2.05, 4.69) is 31.2 Å². The zero-order valence-electron chi connectivity index (χ0n) is 14.1. The summed E-state index contributed by atoms with van der Waals surface area (Å²) in [6.45, 7) is 7.33. The van der Waals surface area contributed by atoms with Gasteiger partial charge in [0.1, 0.15) is 19.0 Å². The van der Waals surface area contributed by atoms with Crippen molar-refractivity contribution in [1.82, 2.24) is 9.78 Å². The van der Waals surface area contributed by atoms with Crippen LogP contribution in [-0.2, 0) is 10.3 Å². The van der Waals surface area contributed by atoms with Crippen molar-refractivity contribution in [3.63, 3.8) is 0 Å². The fourth-order valence-electron chi connectivity index (χ4n) is 3.30. The maximum absolute atomic E-state index is 12.3. The zero-order valence-corrected chi connectivity index (χ0v) is 14.1. The van der Waals surface area contributed by atoms with Gasteiger partial charge >= 0.3 is 0 Å². The van der Waals surface area contributed by atoms with E-state index in [-0.39, 0.29) is 17.4 Å². The zero-order chi connectivity index (χ0) is 16.9. The Morgan fingerprint density at radius 1 is 1.21 bits per heavy atom. The smallest absolute Gasteiger partial charge is 0.226 e. The summed E-state index contributed by atoms with van der Waals surface area (Å²) in [5, 5.41) is 7.50. The van der Waals surface area contributed by atoms with Crippen LogP contribution in [0.15, 0.2) is 24.4 Å². The highest BCUT2D eigenvalue weighted by molar-refractivity contribution is 5.94. The fraction of sp³-hybridized carbons (Fsp3) is 0.444. The van der Waals surface area contributed by atoms with Gasteiger partial charge in [-0.1, -0.05) is 6.07 Å². The number of hydrogen-bond donors (Lipinski definition) is 1. The molecule has 3 heterocycles. The average molecular weight is 327 g/mol. The van der Waals surface area contributed by atoms with Gasteiger partial charge in [-0.05, 0) is 38.5 Å². The number of carbonyl (C=O) groups excluding carboxylic acids is 1. The van der Waals surface area contributed by atoms with Gasteiger partial charge in [-0.3, -0.25) is 4.79 Å². The lowest BCUT2D eigenvalue weighted by Gasteiger charge is -2.28. The Bertz CT molecular complexity index is 804. The SMILES string of the molecule is CC(C)(C)n1ncc2c1NC(=O)C[C@@H]2c1ccc2c(c1)OCCO2. The molecule has 1 aromatic heterocycles. The van der Waals surface area contributed by atoms with Crippen LogP contribution in [0.25, 0.3) is 0 Å². The highest BCUT2D eigenvalue weighted by atomic mass is 16.6. The van der Waals surface area contributed by atoms with Crippen molar-refractivity contribution in [1.29, 1.82) is 0 Å². The summed E-state index contributed by atoms with van der Waals surface area (Å²) in [6, 6.07) is 5.91. The van der Waals surface area contributed by atoms with Crippen molar-refractivity contribution in [2.24, 2.45) is 0 Å². The van der Waals surface area contributed by atoms with Crippen molar-refractivity contribution in [3.05, 3.63) is 35.5 Å². The first-order valence-corrected chi connectivity index (χ1v) is 8.21. The molecule has 0 saturated heterocycles. The molecule has 2 aliphatic rings. The van der Waals surface area contributed by atoms with E-state index >= 15 is 0 Å². The summed E-state index contributed by atoms with van der Waals surface area (Å²) in [6.07, 6.45) is 2.27. The highest BCUT2D eigenvalue weighted by Gasteiger charge is 2.33. The molecule has 6 heteroatoms. The van der Waals surface area contributed by atoms with E-state index in [4.69, 9.17) is 9.47 Å². The summed E-state index contributed by atoms with van der Waals surface area (Å²) < 4.78 is 13.1. The molecule has 0 fully saturated rings. The third-order valence-corrected chi connectivity index (χ3v) is 4.42. The predicted octanol–water partition coefficient (Wildman–Crippen LogP) is 2.88. The van der Waals surface area contributed by atoms with Crippen LogP contribution in [0.1, 0.15) is 44.2 Å². The molecule has 1 atom stereocenters. The van der Waals surface area contributed by atoms with Gasteiger partial charge in [0.25, 0.3) is 0 Å². The van der Waals surface area contributed by atoms with E-state index in [0.717, 1.165) is 28.4 Å². The number of aromatic nitrogens is 2. The Morgan fingerprint density at radius 3 is 2.71 bits per heavy atom. The average Bonchev–Trinajstić information content (AvgIpc) is 2.97. The Morgan fingerprint density at radius 2 is 1.96 bits per heavy atom. The van der Waals surface area contributed by atoms with E-state index < -0.39 is 0 Å². The highest BCUT2D eigenvalue weighted by Crippen LogP contribution is 2.41. The minimum Gasteiger partial charge on any atom is -0.486 e. The summed E-state index contributed by atoms with van der Waals surface area (Å²) in [5.41, 5.74) is 1.89. The Balaban J connectivity index is 1.78. The van der Waals surface area contributed by atoms with Gasteiger partial charge in [0.15, 0.2) is 11.5 Å². The van der Waals surface area contributed by atoms with Gasteiger partial charge in [0.2, 0.25) is 5.91 Å². The molecule has 0 saturated carbocycles. The molecule has 2 aromatic rings. The van der Waals surface area contributed by atoms with Gasteiger partial charge in [-0.15, -0.1) is 0 Å². The lowest BCUT2D eigenvalue weighted by atomic mass is 9.87. The van der Waals surface area contributed by atoms with Crippen LogP contribution in [0.2, 0.25) is 0 Å². The molecule has 6 nitrogen and oxygen atoms in total. The molecule has 0 aliphatic carbocycles. The third-order valence-electron chi connectivity index (χ3n) is 4.42. The molecule has 1 N–H and O–H groups in total. The quantitative estimate of drug-likeness (QED) is 0.875. The number of rotatable bonds is 1. The maximum atomic E-state index is 12.3. The normalized spacial score (nSPS) is 19.6. The molecule has 24 heavy (non-hydrogen) atoms. The minimum atomic E-state index is -0.199. The van der Waals surface area contributed by atoms with Gasteiger partial charge < -0.3 is 14.8 Å². The molecule has 0 bridgehead atoms. The van der Waals surface area contributed by atoms with E-state index in [1.165, 1.54) is 0 Å². The van der Waals surface area contributed by atoms with Crippen LogP contribution in [-0.4, -0.2) is 28.9 Å². The van der Waals surface area contributed by atoms with Crippen LogP contribution >= 0.6 is 0 Å². The lowest BCUT2D eigenvalue weighted by molar-refractivity contribution is -0.116. The summed E-state index contributed by atoms with van der Waals surface area (Å²) >= 11 is 0. The number of ether oxygens (including phenoxy) is 2. The number of nitrogens with zero attached hydrogens (tertiary/aromatic N) is 2. The lowest BCUT2D eigenvalue weighted by Crippen LogP contribution is -2.30. The predicted molar refractivity (Wildman–Crippen MR) is 89.7 cm³/mol. The van der Waals surface area contributed by atoms with E-state index in [1.807, 2.05) is 29.1 Å². The van der Waals surface area contributed by atoms with Crippen LogP contribution in [0.3, 0.4) is 0 Å². The Hall–Kier alpha value is -2.50. The molecular formula is C18H21N3O3. The molecule has 126 valence electrons. The molecule has 1 amide bonds. The monoisotopic (exact) mass is 327 g/mol. The molecule has 1 aromatic carbocycles. The van der Waals surface area contributed by atoms with Crippen LogP contribution < -0.4 is 14.8 Å². The number of nitrogens with one attached hydrogen (secondary N) is 1. The second-order valence-electron chi connectivity index (χ2n) is 7.24. The summed E-state index contributed by atoms with van der Waals surface area (Å²) in [7, 11) is 0. The van der Waals surface area contributed by atoms with Crippen molar-refractivity contribution >= 4 is 11.7 Å². The van der Waals surface area contributed by atoms with E-state index in [0.29, 0.717) is 19.6 Å². The molecular weight excluding hydrogens is 306 g/mol. The number of benzene rings is 1. The van der Waals surface area contributed by atoms with Gasteiger partial charge in [0.05, 0.1) is 11.7 Å². The number of carbonyl (C=O) groups is 1. The summed E-state index contributed by atoms with van der Waals surface area (Å²) in [4.78, 5) is 12.3. The van der Waals surface area contributed by atoms with Crippen molar-refractivity contribution < 1.29 is 14.3 Å². The molecule has 4 rings (SSSR count). The van der Waals surface area contributed by atoms with Crippen LogP contribution in [0.4, 0.5) is 5.82 Å². The van der Waals surface area contributed by atoms with Crippen molar-refractivity contribution in [2.75, 3.05) is 18.5 Å². The maximum Gasteiger partial charge on any atom is 0.226 e. The van der Waals surface area contributed by atoms with Crippen molar-refractivity contribution in [3.8, 4) is 11.5 Å². The van der Waals surface area contributed by atoms with Gasteiger partial charge in [-0.25, -0.2) is 4.68 Å². The molecule has 0 unspecified atom stereocenters. The van der Waals surface area contributed by atoms with Gasteiger partial charge in [-0.2, -0.15) is 5.10 Å². The second kappa shape index (κ2) is 5.26. The largest absolute Gasteiger partial charge is 0.486 e. The Kier molecular flexibility index (Phi) is 3.30. The number of fused-ring (bicyclic) bond motifs is 2. The van der Waals surface area contributed by atoms with Crippen LogP contribution in [0.5, 0.6) is 11.5 Å². The van der Waals surface area contributed by atoms with Crippen molar-refractivity contribution in [2.45, 2.75) is 38.6 Å². The Labute approximate surface area is 140 Å². The first-order chi connectivity index (χ1) is 11.4. The number of hydrogen-bond acceptors (Lipinski definition) is 4. The van der Waals surface area contributed by atoms with Gasteiger partial charge in [0, 0.05) is 17.9 Å². The first-order valence-electron chi connectivity index (χ1n) is 8.21. The topological polar surface area (TPSA) is 65.4 Å². The number of anilines is 1.